The van der Waals surface area contributed by atoms with Gasteiger partial charge in [-0.05, 0) is 48.9 Å². The van der Waals surface area contributed by atoms with Gasteiger partial charge < -0.3 is 5.32 Å². The van der Waals surface area contributed by atoms with Crippen molar-refractivity contribution in [3.05, 3.63) is 72.3 Å². The number of amides is 1. The van der Waals surface area contributed by atoms with E-state index in [0.717, 1.165) is 5.56 Å². The number of aromatic nitrogens is 3. The highest BCUT2D eigenvalue weighted by Crippen LogP contribution is 2.25. The van der Waals surface area contributed by atoms with Crippen LogP contribution in [0.1, 0.15) is 5.56 Å². The van der Waals surface area contributed by atoms with Gasteiger partial charge in [-0.2, -0.15) is 0 Å². The number of allylic oxidation sites excluding steroid dienone is 1. The van der Waals surface area contributed by atoms with Gasteiger partial charge >= 0.3 is 0 Å². The van der Waals surface area contributed by atoms with Crippen molar-refractivity contribution in [2.75, 3.05) is 11.1 Å². The van der Waals surface area contributed by atoms with Crippen LogP contribution in [0.3, 0.4) is 0 Å². The van der Waals surface area contributed by atoms with Gasteiger partial charge in [0.25, 0.3) is 0 Å². The summed E-state index contributed by atoms with van der Waals surface area (Å²) in [5, 5.41) is 11.3. The Hall–Kier alpha value is -3.00. The normalized spacial score (nSPS) is 10.7. The zero-order valence-corrected chi connectivity index (χ0v) is 16.0. The maximum Gasteiger partial charge on any atom is 0.234 e. The number of rotatable bonds is 7. The molecular weight excluding hydrogens is 382 g/mol. The van der Waals surface area contributed by atoms with E-state index in [-0.39, 0.29) is 23.2 Å². The van der Waals surface area contributed by atoms with Gasteiger partial charge in [0.2, 0.25) is 5.91 Å². The Bertz CT molecular complexity index is 1000. The van der Waals surface area contributed by atoms with Crippen molar-refractivity contribution < 1.29 is 13.6 Å². The summed E-state index contributed by atoms with van der Waals surface area (Å²) in [6, 6.07) is 10.5. The van der Waals surface area contributed by atoms with Crippen molar-refractivity contribution in [2.45, 2.75) is 18.6 Å². The molecule has 0 bridgehead atoms. The largest absolute Gasteiger partial charge is 0.323 e. The van der Waals surface area contributed by atoms with Crippen molar-refractivity contribution >= 4 is 23.4 Å². The van der Waals surface area contributed by atoms with Crippen LogP contribution in [-0.4, -0.2) is 26.4 Å². The second-order valence-electron chi connectivity index (χ2n) is 6.03. The summed E-state index contributed by atoms with van der Waals surface area (Å²) in [4.78, 5) is 12.2. The lowest BCUT2D eigenvalue weighted by Gasteiger charge is -2.09. The highest BCUT2D eigenvalue weighted by atomic mass is 32.2. The topological polar surface area (TPSA) is 59.8 Å². The molecule has 28 heavy (non-hydrogen) atoms. The van der Waals surface area contributed by atoms with E-state index < -0.39 is 5.82 Å². The second-order valence-corrected chi connectivity index (χ2v) is 6.98. The van der Waals surface area contributed by atoms with Crippen LogP contribution in [0, 0.1) is 18.6 Å². The summed E-state index contributed by atoms with van der Waals surface area (Å²) in [6.07, 6.45) is 1.68. The number of hydrogen-bond donors (Lipinski definition) is 1. The highest BCUT2D eigenvalue weighted by molar-refractivity contribution is 7.99. The third-order valence-electron chi connectivity index (χ3n) is 3.86. The molecule has 144 valence electrons. The zero-order valence-electron chi connectivity index (χ0n) is 15.2. The van der Waals surface area contributed by atoms with Crippen LogP contribution in [0.2, 0.25) is 0 Å². The number of nitrogens with one attached hydrogen (secondary N) is 1. The first-order chi connectivity index (χ1) is 13.5. The molecule has 0 aliphatic carbocycles. The van der Waals surface area contributed by atoms with Gasteiger partial charge in [-0.25, -0.2) is 8.78 Å². The minimum atomic E-state index is -0.480. The van der Waals surface area contributed by atoms with E-state index in [1.807, 2.05) is 0 Å². The van der Waals surface area contributed by atoms with Gasteiger partial charge in [0.05, 0.1) is 11.4 Å². The molecule has 3 aromatic rings. The number of halogens is 2. The number of aryl methyl sites for hydroxylation is 1. The number of thioether (sulfide) groups is 1. The molecule has 0 saturated carbocycles. The predicted octanol–water partition coefficient (Wildman–Crippen LogP) is 4.45. The van der Waals surface area contributed by atoms with Gasteiger partial charge in [-0.15, -0.1) is 16.8 Å². The standard InChI is InChI=1S/C20H18F2N4OS/c1-3-10-26-19(14-5-7-15(21)8-6-14)24-25-20(26)28-12-18(27)23-17-9-4-13(2)11-16(17)22/h3-9,11H,1,10,12H2,2H3,(H,23,27). The Balaban J connectivity index is 1.72. The molecule has 0 unspecified atom stereocenters. The number of carbonyl (C=O) groups is 1. The number of carbonyl (C=O) groups excluding carboxylic acids is 1. The molecule has 1 amide bonds. The summed E-state index contributed by atoms with van der Waals surface area (Å²) in [6.45, 7) is 5.93. The Labute approximate surface area is 165 Å². The van der Waals surface area contributed by atoms with E-state index in [4.69, 9.17) is 0 Å². The molecule has 1 N–H and O–H groups in total. The molecule has 2 aromatic carbocycles. The summed E-state index contributed by atoms with van der Waals surface area (Å²) in [5.41, 5.74) is 1.61. The third kappa shape index (κ3) is 4.64. The van der Waals surface area contributed by atoms with E-state index in [2.05, 4.69) is 22.1 Å². The Morgan fingerprint density at radius 3 is 2.64 bits per heavy atom. The fraction of sp³-hybridized carbons (Fsp3) is 0.150. The van der Waals surface area contributed by atoms with Crippen LogP contribution in [0.25, 0.3) is 11.4 Å². The molecular formula is C20H18F2N4OS. The lowest BCUT2D eigenvalue weighted by Crippen LogP contribution is -2.15. The summed E-state index contributed by atoms with van der Waals surface area (Å²) >= 11 is 1.18. The van der Waals surface area contributed by atoms with Crippen molar-refractivity contribution in [2.24, 2.45) is 0 Å². The lowest BCUT2D eigenvalue weighted by atomic mass is 10.2. The first-order valence-electron chi connectivity index (χ1n) is 8.46. The van der Waals surface area contributed by atoms with Crippen LogP contribution in [-0.2, 0) is 11.3 Å². The molecule has 0 fully saturated rings. The van der Waals surface area contributed by atoms with Crippen molar-refractivity contribution in [1.82, 2.24) is 14.8 Å². The highest BCUT2D eigenvalue weighted by Gasteiger charge is 2.15. The summed E-state index contributed by atoms with van der Waals surface area (Å²) < 4.78 is 28.8. The summed E-state index contributed by atoms with van der Waals surface area (Å²) in [7, 11) is 0. The Kier molecular flexibility index (Phi) is 6.20. The lowest BCUT2D eigenvalue weighted by molar-refractivity contribution is -0.113. The van der Waals surface area contributed by atoms with Gasteiger partial charge in [0.15, 0.2) is 11.0 Å². The van der Waals surface area contributed by atoms with Gasteiger partial charge in [-0.1, -0.05) is 23.9 Å². The van der Waals surface area contributed by atoms with Gasteiger partial charge in [0, 0.05) is 12.1 Å². The molecule has 8 heteroatoms. The maximum absolute atomic E-state index is 13.9. The second kappa shape index (κ2) is 8.79. The fourth-order valence-electron chi connectivity index (χ4n) is 2.54. The van der Waals surface area contributed by atoms with E-state index in [0.29, 0.717) is 23.1 Å². The van der Waals surface area contributed by atoms with E-state index in [9.17, 15) is 13.6 Å². The molecule has 1 aromatic heterocycles. The molecule has 5 nitrogen and oxygen atoms in total. The van der Waals surface area contributed by atoms with E-state index in [1.165, 1.54) is 36.0 Å². The predicted molar refractivity (Wildman–Crippen MR) is 106 cm³/mol. The quantitative estimate of drug-likeness (QED) is 0.470. The average Bonchev–Trinajstić information content (AvgIpc) is 3.06. The number of hydrogen-bond acceptors (Lipinski definition) is 4. The van der Waals surface area contributed by atoms with Gasteiger partial charge in [0.1, 0.15) is 11.6 Å². The summed E-state index contributed by atoms with van der Waals surface area (Å²) in [5.74, 6) is -0.594. The van der Waals surface area contributed by atoms with Crippen molar-refractivity contribution in [3.8, 4) is 11.4 Å². The van der Waals surface area contributed by atoms with Crippen LogP contribution in [0.4, 0.5) is 14.5 Å². The number of nitrogens with zero attached hydrogens (tertiary/aromatic N) is 3. The van der Waals surface area contributed by atoms with Crippen molar-refractivity contribution in [1.29, 1.82) is 0 Å². The monoisotopic (exact) mass is 400 g/mol. The Morgan fingerprint density at radius 1 is 1.21 bits per heavy atom. The molecule has 0 atom stereocenters. The van der Waals surface area contributed by atoms with Crippen LogP contribution >= 0.6 is 11.8 Å². The number of anilines is 1. The third-order valence-corrected chi connectivity index (χ3v) is 4.83. The molecule has 0 radical (unpaired) electrons. The van der Waals surface area contributed by atoms with Crippen LogP contribution in [0.15, 0.2) is 60.3 Å². The van der Waals surface area contributed by atoms with Crippen molar-refractivity contribution in [3.63, 3.8) is 0 Å². The average molecular weight is 400 g/mol. The Morgan fingerprint density at radius 2 is 1.96 bits per heavy atom. The molecule has 0 spiro atoms. The first kappa shape index (κ1) is 19.8. The fourth-order valence-corrected chi connectivity index (χ4v) is 3.29. The zero-order chi connectivity index (χ0) is 20.1. The minimum Gasteiger partial charge on any atom is -0.323 e. The minimum absolute atomic E-state index is 0.0337. The van der Waals surface area contributed by atoms with Gasteiger partial charge in [-0.3, -0.25) is 9.36 Å². The molecule has 0 saturated heterocycles. The van der Waals surface area contributed by atoms with Crippen LogP contribution < -0.4 is 5.32 Å². The first-order valence-corrected chi connectivity index (χ1v) is 9.45. The number of benzene rings is 2. The molecule has 1 heterocycles. The van der Waals surface area contributed by atoms with E-state index >= 15 is 0 Å². The molecule has 0 aliphatic rings. The SMILES string of the molecule is C=CCn1c(SCC(=O)Nc2ccc(C)cc2F)nnc1-c1ccc(F)cc1. The molecule has 3 rings (SSSR count). The maximum atomic E-state index is 13.9. The van der Waals surface area contributed by atoms with E-state index in [1.54, 1.807) is 35.8 Å². The van der Waals surface area contributed by atoms with Crippen LogP contribution in [0.5, 0.6) is 0 Å². The molecule has 0 aliphatic heterocycles. The smallest absolute Gasteiger partial charge is 0.234 e.